The van der Waals surface area contributed by atoms with Gasteiger partial charge in [-0.15, -0.1) is 5.10 Å². The van der Waals surface area contributed by atoms with Gasteiger partial charge in [0, 0.05) is 20.2 Å². The average molecular weight is 345 g/mol. The second-order valence-electron chi connectivity index (χ2n) is 6.49. The van der Waals surface area contributed by atoms with Gasteiger partial charge in [0.25, 0.3) is 0 Å². The highest BCUT2D eigenvalue weighted by molar-refractivity contribution is 6.76. The maximum absolute atomic E-state index is 12.8. The molecule has 0 spiro atoms. The molecule has 5 nitrogen and oxygen atoms in total. The Morgan fingerprint density at radius 3 is 2.57 bits per heavy atom. The zero-order valence-electron chi connectivity index (χ0n) is 13.1. The number of carbonyl (C=O) groups excluding carboxylic acids is 1. The van der Waals surface area contributed by atoms with Crippen molar-refractivity contribution in [3.8, 4) is 0 Å². The Labute approximate surface area is 132 Å². The maximum Gasteiger partial charge on any atom is 0.416 e. The summed E-state index contributed by atoms with van der Waals surface area (Å²) in [6.45, 7) is 7.22. The topological polar surface area (TPSA) is 57.0 Å². The fraction of sp³-hybridized carbons (Fsp3) is 0.500. The highest BCUT2D eigenvalue weighted by Gasteiger charge is 2.32. The van der Waals surface area contributed by atoms with E-state index in [4.69, 9.17) is 4.74 Å². The highest BCUT2D eigenvalue weighted by atomic mass is 28.3. The second kappa shape index (κ2) is 6.40. The summed E-state index contributed by atoms with van der Waals surface area (Å²) in [5.41, 5.74) is -0.746. The molecule has 9 heteroatoms. The van der Waals surface area contributed by atoms with Crippen LogP contribution in [0.2, 0.25) is 25.7 Å². The van der Waals surface area contributed by atoms with Gasteiger partial charge in [-0.2, -0.15) is 13.2 Å². The van der Waals surface area contributed by atoms with Crippen molar-refractivity contribution in [2.45, 2.75) is 38.6 Å². The lowest BCUT2D eigenvalue weighted by molar-refractivity contribution is -0.137. The monoisotopic (exact) mass is 345 g/mol. The largest absolute Gasteiger partial charge is 0.416 e. The standard InChI is InChI=1S/C14H18F3N3O2Si/c1-23(2,3)5-4-22-9-20-13-10(8-21)6-11(14(15,16)17)7-12(13)18-19-20/h6-8H,4-5,9H2,1-3H3. The smallest absolute Gasteiger partial charge is 0.359 e. The van der Waals surface area contributed by atoms with Crippen molar-refractivity contribution in [2.75, 3.05) is 6.61 Å². The van der Waals surface area contributed by atoms with Gasteiger partial charge < -0.3 is 4.74 Å². The first-order valence-electron chi connectivity index (χ1n) is 7.09. The Kier molecular flexibility index (Phi) is 4.90. The Morgan fingerprint density at radius 1 is 1.30 bits per heavy atom. The van der Waals surface area contributed by atoms with Crippen LogP contribution in [0.1, 0.15) is 15.9 Å². The van der Waals surface area contributed by atoms with Crippen LogP contribution in [-0.2, 0) is 17.6 Å². The molecule has 0 atom stereocenters. The van der Waals surface area contributed by atoms with Crippen molar-refractivity contribution in [2.24, 2.45) is 0 Å². The highest BCUT2D eigenvalue weighted by Crippen LogP contribution is 2.32. The van der Waals surface area contributed by atoms with Crippen LogP contribution in [0, 0.1) is 0 Å². The van der Waals surface area contributed by atoms with Gasteiger partial charge in [-0.3, -0.25) is 4.79 Å². The molecule has 2 rings (SSSR count). The molecule has 0 aliphatic carbocycles. The van der Waals surface area contributed by atoms with E-state index in [-0.39, 0.29) is 23.3 Å². The number of hydrogen-bond acceptors (Lipinski definition) is 4. The lowest BCUT2D eigenvalue weighted by Gasteiger charge is -2.15. The number of nitrogens with zero attached hydrogens (tertiary/aromatic N) is 3. The molecule has 0 N–H and O–H groups in total. The lowest BCUT2D eigenvalue weighted by atomic mass is 10.1. The van der Waals surface area contributed by atoms with Crippen LogP contribution < -0.4 is 0 Å². The van der Waals surface area contributed by atoms with E-state index in [1.54, 1.807) is 0 Å². The Morgan fingerprint density at radius 2 is 2.00 bits per heavy atom. The van der Waals surface area contributed by atoms with Crippen molar-refractivity contribution < 1.29 is 22.7 Å². The minimum atomic E-state index is -4.54. The molecule has 0 amide bonds. The van der Waals surface area contributed by atoms with Gasteiger partial charge in [0.05, 0.1) is 5.56 Å². The molecule has 0 bridgehead atoms. The third kappa shape index (κ3) is 4.38. The summed E-state index contributed by atoms with van der Waals surface area (Å²) >= 11 is 0. The number of alkyl halides is 3. The predicted octanol–water partition coefficient (Wildman–Crippen LogP) is 3.57. The van der Waals surface area contributed by atoms with Gasteiger partial charge in [-0.05, 0) is 18.2 Å². The van der Waals surface area contributed by atoms with E-state index in [9.17, 15) is 18.0 Å². The SMILES string of the molecule is C[Si](C)(C)CCOCn1nnc2cc(C(F)(F)F)cc(C=O)c21. The zero-order valence-corrected chi connectivity index (χ0v) is 14.1. The van der Waals surface area contributed by atoms with E-state index in [0.717, 1.165) is 18.2 Å². The number of fused-ring (bicyclic) bond motifs is 1. The minimum Gasteiger partial charge on any atom is -0.359 e. The molecular weight excluding hydrogens is 327 g/mol. The normalized spacial score (nSPS) is 12.8. The summed E-state index contributed by atoms with van der Waals surface area (Å²) in [6.07, 6.45) is -4.16. The number of rotatable bonds is 6. The van der Waals surface area contributed by atoms with Crippen molar-refractivity contribution in [1.29, 1.82) is 0 Å². The summed E-state index contributed by atoms with van der Waals surface area (Å²) in [4.78, 5) is 11.1. The number of ether oxygens (including phenoxy) is 1. The third-order valence-electron chi connectivity index (χ3n) is 3.30. The number of aromatic nitrogens is 3. The van der Waals surface area contributed by atoms with E-state index in [1.807, 2.05) is 0 Å². The molecule has 0 unspecified atom stereocenters. The molecule has 0 saturated heterocycles. The first-order chi connectivity index (χ1) is 10.6. The number of hydrogen-bond donors (Lipinski definition) is 0. The molecule has 0 fully saturated rings. The first kappa shape index (κ1) is 17.6. The van der Waals surface area contributed by atoms with Gasteiger partial charge in [0.1, 0.15) is 17.8 Å². The van der Waals surface area contributed by atoms with E-state index in [0.29, 0.717) is 12.9 Å². The minimum absolute atomic E-state index is 0.0238. The predicted molar refractivity (Wildman–Crippen MR) is 82.0 cm³/mol. The van der Waals surface area contributed by atoms with E-state index in [2.05, 4.69) is 30.0 Å². The van der Waals surface area contributed by atoms with Gasteiger partial charge in [0.2, 0.25) is 0 Å². The van der Waals surface area contributed by atoms with Crippen molar-refractivity contribution in [1.82, 2.24) is 15.0 Å². The van der Waals surface area contributed by atoms with Crippen molar-refractivity contribution in [3.05, 3.63) is 23.3 Å². The second-order valence-corrected chi connectivity index (χ2v) is 12.1. The maximum atomic E-state index is 12.8. The summed E-state index contributed by atoms with van der Waals surface area (Å²) in [5, 5.41) is 7.50. The fourth-order valence-corrected chi connectivity index (χ4v) is 2.78. The number of carbonyl (C=O) groups is 1. The summed E-state index contributed by atoms with van der Waals surface area (Å²) in [7, 11) is -1.23. The van der Waals surface area contributed by atoms with Crippen molar-refractivity contribution in [3.63, 3.8) is 0 Å². The molecule has 0 aliphatic heterocycles. The Hall–Kier alpha value is -1.74. The van der Waals surface area contributed by atoms with E-state index < -0.39 is 19.8 Å². The molecule has 2 aromatic rings. The summed E-state index contributed by atoms with van der Waals surface area (Å²) in [5.74, 6) is 0. The molecule has 23 heavy (non-hydrogen) atoms. The van der Waals surface area contributed by atoms with Crippen LogP contribution in [-0.4, -0.2) is 36.0 Å². The van der Waals surface area contributed by atoms with Gasteiger partial charge in [-0.25, -0.2) is 4.68 Å². The Bertz CT molecular complexity index is 708. The first-order valence-corrected chi connectivity index (χ1v) is 10.8. The molecule has 1 heterocycles. The van der Waals surface area contributed by atoms with Gasteiger partial charge in [0.15, 0.2) is 6.29 Å². The molecule has 1 aromatic heterocycles. The van der Waals surface area contributed by atoms with Gasteiger partial charge in [-0.1, -0.05) is 24.9 Å². The summed E-state index contributed by atoms with van der Waals surface area (Å²) < 4.78 is 45.2. The van der Waals surface area contributed by atoms with E-state index >= 15 is 0 Å². The van der Waals surface area contributed by atoms with E-state index in [1.165, 1.54) is 4.68 Å². The molecule has 0 saturated carbocycles. The number of halogens is 3. The number of benzene rings is 1. The number of aldehydes is 1. The zero-order chi connectivity index (χ0) is 17.3. The van der Waals surface area contributed by atoms with Crippen LogP contribution in [0.25, 0.3) is 11.0 Å². The third-order valence-corrected chi connectivity index (χ3v) is 5.01. The average Bonchev–Trinajstić information content (AvgIpc) is 2.84. The van der Waals surface area contributed by atoms with Crippen LogP contribution >= 0.6 is 0 Å². The van der Waals surface area contributed by atoms with Crippen LogP contribution in [0.15, 0.2) is 12.1 Å². The molecule has 0 radical (unpaired) electrons. The van der Waals surface area contributed by atoms with Crippen LogP contribution in [0.5, 0.6) is 0 Å². The van der Waals surface area contributed by atoms with Gasteiger partial charge >= 0.3 is 6.18 Å². The molecule has 0 aliphatic rings. The quantitative estimate of drug-likeness (QED) is 0.456. The fourth-order valence-electron chi connectivity index (χ4n) is 2.02. The van der Waals surface area contributed by atoms with Crippen molar-refractivity contribution >= 4 is 25.4 Å². The lowest BCUT2D eigenvalue weighted by Crippen LogP contribution is -2.22. The molecular formula is C14H18F3N3O2Si. The van der Waals surface area contributed by atoms with Crippen LogP contribution in [0.4, 0.5) is 13.2 Å². The molecule has 126 valence electrons. The summed E-state index contributed by atoms with van der Waals surface area (Å²) in [6, 6.07) is 2.64. The molecule has 1 aromatic carbocycles. The van der Waals surface area contributed by atoms with Crippen LogP contribution in [0.3, 0.4) is 0 Å². The Balaban J connectivity index is 2.24.